The second-order valence-corrected chi connectivity index (χ2v) is 4.87. The van der Waals surface area contributed by atoms with Gasteiger partial charge in [-0.05, 0) is 29.8 Å². The maximum atomic E-state index is 13.6. The Morgan fingerprint density at radius 2 is 1.85 bits per heavy atom. The molecule has 2 N–H and O–H groups in total. The molecule has 2 aromatic carbocycles. The van der Waals surface area contributed by atoms with E-state index in [4.69, 9.17) is 21.8 Å². The van der Waals surface area contributed by atoms with Crippen LogP contribution in [-0.4, -0.2) is 0 Å². The van der Waals surface area contributed by atoms with Crippen LogP contribution in [0, 0.1) is 11.6 Å². The van der Waals surface area contributed by atoms with Crippen molar-refractivity contribution in [1.82, 2.24) is 0 Å². The molecule has 0 fully saturated rings. The summed E-state index contributed by atoms with van der Waals surface area (Å²) < 4.78 is 32.4. The minimum atomic E-state index is -0.687. The second kappa shape index (κ2) is 4.89. The number of rotatable bonds is 2. The minimum absolute atomic E-state index is 0.0246. The maximum Gasteiger partial charge on any atom is 0.169 e. The highest BCUT2D eigenvalue weighted by atomic mass is 35.5. The number of benzene rings is 2. The maximum absolute atomic E-state index is 13.6. The van der Waals surface area contributed by atoms with Crippen LogP contribution in [0.3, 0.4) is 0 Å². The van der Waals surface area contributed by atoms with Crippen LogP contribution >= 0.6 is 11.6 Å². The zero-order valence-corrected chi connectivity index (χ0v) is 11.0. The molecule has 0 radical (unpaired) electrons. The molecule has 0 aliphatic rings. The molecule has 0 saturated carbocycles. The van der Waals surface area contributed by atoms with Crippen LogP contribution in [0.5, 0.6) is 0 Å². The van der Waals surface area contributed by atoms with E-state index in [1.54, 1.807) is 24.3 Å². The van der Waals surface area contributed by atoms with Crippen molar-refractivity contribution in [3.63, 3.8) is 0 Å². The van der Waals surface area contributed by atoms with Gasteiger partial charge in [-0.15, -0.1) is 0 Å². The Balaban J connectivity index is 2.05. The van der Waals surface area contributed by atoms with Crippen molar-refractivity contribution < 1.29 is 13.2 Å². The van der Waals surface area contributed by atoms with Crippen LogP contribution < -0.4 is 5.73 Å². The Hall–Kier alpha value is -1.91. The molecular weight excluding hydrogens is 284 g/mol. The third-order valence-corrected chi connectivity index (χ3v) is 3.43. The van der Waals surface area contributed by atoms with Crippen LogP contribution in [-0.2, 0) is 0 Å². The molecule has 0 saturated heterocycles. The van der Waals surface area contributed by atoms with Crippen molar-refractivity contribution in [2.45, 2.75) is 6.04 Å². The molecule has 3 rings (SSSR count). The lowest BCUT2D eigenvalue weighted by Crippen LogP contribution is -2.11. The molecule has 102 valence electrons. The summed E-state index contributed by atoms with van der Waals surface area (Å²) in [4.78, 5) is 0. The predicted octanol–water partition coefficient (Wildman–Crippen LogP) is 4.41. The van der Waals surface area contributed by atoms with E-state index in [1.165, 1.54) is 18.2 Å². The fraction of sp³-hybridized carbons (Fsp3) is 0.0667. The molecule has 1 heterocycles. The Labute approximate surface area is 118 Å². The molecule has 0 amide bonds. The number of furan rings is 1. The van der Waals surface area contributed by atoms with Gasteiger partial charge >= 0.3 is 0 Å². The van der Waals surface area contributed by atoms with Gasteiger partial charge in [-0.2, -0.15) is 0 Å². The number of nitrogens with two attached hydrogens (primary N) is 1. The van der Waals surface area contributed by atoms with Crippen molar-refractivity contribution in [3.8, 4) is 0 Å². The third kappa shape index (κ3) is 2.17. The van der Waals surface area contributed by atoms with Gasteiger partial charge in [0.05, 0.1) is 11.1 Å². The zero-order valence-electron chi connectivity index (χ0n) is 10.2. The van der Waals surface area contributed by atoms with E-state index in [-0.39, 0.29) is 10.6 Å². The lowest BCUT2D eigenvalue weighted by Gasteiger charge is -2.09. The van der Waals surface area contributed by atoms with E-state index in [0.717, 1.165) is 0 Å². The van der Waals surface area contributed by atoms with Gasteiger partial charge in [0.1, 0.15) is 11.6 Å². The molecule has 0 aliphatic heterocycles. The molecule has 3 aromatic rings. The summed E-state index contributed by atoms with van der Waals surface area (Å²) >= 11 is 5.63. The van der Waals surface area contributed by atoms with E-state index < -0.39 is 17.7 Å². The highest BCUT2D eigenvalue weighted by molar-refractivity contribution is 6.30. The van der Waals surface area contributed by atoms with Crippen molar-refractivity contribution in [2.75, 3.05) is 0 Å². The third-order valence-electron chi connectivity index (χ3n) is 3.12. The van der Waals surface area contributed by atoms with Gasteiger partial charge in [-0.3, -0.25) is 0 Å². The first-order valence-corrected chi connectivity index (χ1v) is 6.32. The van der Waals surface area contributed by atoms with Crippen molar-refractivity contribution >= 4 is 22.6 Å². The number of halogens is 3. The Morgan fingerprint density at radius 3 is 2.55 bits per heavy atom. The average molecular weight is 294 g/mol. The highest BCUT2D eigenvalue weighted by Crippen LogP contribution is 2.29. The Kier molecular flexibility index (Phi) is 3.20. The van der Waals surface area contributed by atoms with Gasteiger partial charge in [-0.1, -0.05) is 29.8 Å². The fourth-order valence-corrected chi connectivity index (χ4v) is 2.19. The summed E-state index contributed by atoms with van der Waals surface area (Å²) in [6, 6.07) is 9.86. The van der Waals surface area contributed by atoms with E-state index in [9.17, 15) is 8.78 Å². The quantitative estimate of drug-likeness (QED) is 0.760. The molecule has 20 heavy (non-hydrogen) atoms. The highest BCUT2D eigenvalue weighted by Gasteiger charge is 2.17. The summed E-state index contributed by atoms with van der Waals surface area (Å²) in [5.74, 6) is -0.642. The smallest absolute Gasteiger partial charge is 0.169 e. The van der Waals surface area contributed by atoms with Crippen LogP contribution in [0.15, 0.2) is 46.9 Å². The Morgan fingerprint density at radius 1 is 1.05 bits per heavy atom. The fourth-order valence-electron chi connectivity index (χ4n) is 2.07. The largest absolute Gasteiger partial charge is 0.456 e. The van der Waals surface area contributed by atoms with Crippen molar-refractivity contribution in [2.24, 2.45) is 5.73 Å². The zero-order chi connectivity index (χ0) is 14.3. The van der Waals surface area contributed by atoms with E-state index in [1.807, 2.05) is 0 Å². The lowest BCUT2D eigenvalue weighted by atomic mass is 10.1. The predicted molar refractivity (Wildman–Crippen MR) is 73.6 cm³/mol. The molecule has 1 atom stereocenters. The van der Waals surface area contributed by atoms with Crippen LogP contribution in [0.4, 0.5) is 8.78 Å². The monoisotopic (exact) mass is 293 g/mol. The molecule has 1 aromatic heterocycles. The first-order chi connectivity index (χ1) is 9.56. The topological polar surface area (TPSA) is 39.2 Å². The molecule has 0 aliphatic carbocycles. The summed E-state index contributed by atoms with van der Waals surface area (Å²) in [5, 5.41) is 0.640. The second-order valence-electron chi connectivity index (χ2n) is 4.46. The van der Waals surface area contributed by atoms with Crippen LogP contribution in [0.2, 0.25) is 5.02 Å². The standard InChI is InChI=1S/C15H10ClF2NO/c16-10-5-4-8(6-12(10)18)14(19)13-7-9-2-1-3-11(17)15(9)20-13/h1-7,14H,19H2. The lowest BCUT2D eigenvalue weighted by molar-refractivity contribution is 0.501. The Bertz CT molecular complexity index is 785. The van der Waals surface area contributed by atoms with Gasteiger partial charge in [-0.25, -0.2) is 8.78 Å². The summed E-state index contributed by atoms with van der Waals surface area (Å²) in [6.07, 6.45) is 0. The molecule has 0 bridgehead atoms. The molecule has 1 unspecified atom stereocenters. The molecule has 2 nitrogen and oxygen atoms in total. The SMILES string of the molecule is NC(c1ccc(Cl)c(F)c1)c1cc2cccc(F)c2o1. The van der Waals surface area contributed by atoms with E-state index in [0.29, 0.717) is 16.7 Å². The number of hydrogen-bond donors (Lipinski definition) is 1. The first kappa shape index (κ1) is 13.1. The molecular formula is C15H10ClF2NO. The molecule has 0 spiro atoms. The van der Waals surface area contributed by atoms with Crippen molar-refractivity contribution in [3.05, 3.63) is 70.4 Å². The summed E-state index contributed by atoms with van der Waals surface area (Å²) in [6.45, 7) is 0. The van der Waals surface area contributed by atoms with Gasteiger partial charge in [0.2, 0.25) is 0 Å². The van der Waals surface area contributed by atoms with E-state index in [2.05, 4.69) is 0 Å². The van der Waals surface area contributed by atoms with Gasteiger partial charge in [0.25, 0.3) is 0 Å². The van der Waals surface area contributed by atoms with Crippen LogP contribution in [0.25, 0.3) is 11.0 Å². The van der Waals surface area contributed by atoms with Gasteiger partial charge < -0.3 is 10.2 Å². The van der Waals surface area contributed by atoms with Gasteiger partial charge in [0, 0.05) is 5.39 Å². The number of fused-ring (bicyclic) bond motifs is 1. The summed E-state index contributed by atoms with van der Waals surface area (Å²) in [7, 11) is 0. The first-order valence-electron chi connectivity index (χ1n) is 5.95. The normalized spacial score (nSPS) is 12.8. The van der Waals surface area contributed by atoms with Crippen LogP contribution in [0.1, 0.15) is 17.4 Å². The number of para-hydroxylation sites is 1. The van der Waals surface area contributed by atoms with E-state index >= 15 is 0 Å². The van der Waals surface area contributed by atoms with Gasteiger partial charge in [0.15, 0.2) is 11.4 Å². The van der Waals surface area contributed by atoms with Crippen molar-refractivity contribution in [1.29, 1.82) is 0 Å². The number of hydrogen-bond acceptors (Lipinski definition) is 2. The average Bonchev–Trinajstić information content (AvgIpc) is 2.86. The minimum Gasteiger partial charge on any atom is -0.456 e. The molecule has 5 heteroatoms. The summed E-state index contributed by atoms with van der Waals surface area (Å²) in [5.41, 5.74) is 6.67.